The van der Waals surface area contributed by atoms with Gasteiger partial charge < -0.3 is 5.32 Å². The zero-order valence-corrected chi connectivity index (χ0v) is 19.2. The average molecular weight is 453 g/mol. The Balaban J connectivity index is 1.56. The highest BCUT2D eigenvalue weighted by Crippen LogP contribution is 2.26. The van der Waals surface area contributed by atoms with Crippen LogP contribution in [0.5, 0.6) is 0 Å². The van der Waals surface area contributed by atoms with E-state index in [2.05, 4.69) is 10.4 Å². The average Bonchev–Trinajstić information content (AvgIpc) is 3.08. The van der Waals surface area contributed by atoms with E-state index in [0.29, 0.717) is 41.5 Å². The van der Waals surface area contributed by atoms with Crippen LogP contribution >= 0.6 is 0 Å². The predicted octanol–water partition coefficient (Wildman–Crippen LogP) is 3.98. The van der Waals surface area contributed by atoms with Gasteiger partial charge in [0.15, 0.2) is 0 Å². The van der Waals surface area contributed by atoms with Crippen LogP contribution in [0.4, 0.5) is 5.69 Å². The van der Waals surface area contributed by atoms with Crippen molar-refractivity contribution in [1.82, 2.24) is 14.1 Å². The van der Waals surface area contributed by atoms with Crippen molar-refractivity contribution in [2.24, 2.45) is 0 Å². The van der Waals surface area contributed by atoms with E-state index in [4.69, 9.17) is 0 Å². The number of hydrogen-bond acceptors (Lipinski definition) is 4. The third-order valence-electron chi connectivity index (χ3n) is 5.78. The van der Waals surface area contributed by atoms with Gasteiger partial charge in [-0.3, -0.25) is 9.48 Å². The van der Waals surface area contributed by atoms with Crippen LogP contribution in [0.25, 0.3) is 0 Å². The van der Waals surface area contributed by atoms with E-state index in [1.54, 1.807) is 28.9 Å². The number of rotatable bonds is 6. The summed E-state index contributed by atoms with van der Waals surface area (Å²) in [6, 6.07) is 16.6. The van der Waals surface area contributed by atoms with E-state index >= 15 is 0 Å². The minimum Gasteiger partial charge on any atom is -0.322 e. The first kappa shape index (κ1) is 22.2. The van der Waals surface area contributed by atoms with Gasteiger partial charge in [0.25, 0.3) is 5.91 Å². The highest BCUT2D eigenvalue weighted by Gasteiger charge is 2.31. The Morgan fingerprint density at radius 2 is 1.72 bits per heavy atom. The van der Waals surface area contributed by atoms with Crippen molar-refractivity contribution in [3.8, 4) is 0 Å². The molecule has 1 amide bonds. The van der Waals surface area contributed by atoms with Crippen molar-refractivity contribution < 1.29 is 13.2 Å². The Bertz CT molecular complexity index is 1210. The first-order chi connectivity index (χ1) is 15.4. The number of sulfonamides is 1. The third-order valence-corrected chi connectivity index (χ3v) is 7.93. The summed E-state index contributed by atoms with van der Waals surface area (Å²) in [7, 11) is -3.57. The number of carbonyl (C=O) groups excluding carboxylic acids is 1. The van der Waals surface area contributed by atoms with Crippen LogP contribution in [-0.2, 0) is 16.6 Å². The molecule has 7 nitrogen and oxygen atoms in total. The minimum atomic E-state index is -3.57. The van der Waals surface area contributed by atoms with Gasteiger partial charge in [-0.2, -0.15) is 9.40 Å². The standard InChI is InChI=1S/C24H28N4O3S/c1-18-23(32(30,31)27-14-7-4-8-15-27)19(2)28(26-18)17-20-10-9-11-21(16-20)24(29)25-22-12-5-3-6-13-22/h3,5-6,9-13,16H,4,7-8,14-15,17H2,1-2H3,(H,25,29). The summed E-state index contributed by atoms with van der Waals surface area (Å²) < 4.78 is 29.7. The zero-order valence-electron chi connectivity index (χ0n) is 18.4. The molecular formula is C24H28N4O3S. The summed E-state index contributed by atoms with van der Waals surface area (Å²) in [5, 5.41) is 7.40. The van der Waals surface area contributed by atoms with E-state index in [0.717, 1.165) is 30.5 Å². The molecule has 8 heteroatoms. The van der Waals surface area contributed by atoms with Gasteiger partial charge in [-0.25, -0.2) is 8.42 Å². The molecule has 0 atom stereocenters. The van der Waals surface area contributed by atoms with E-state index in [1.165, 1.54) is 0 Å². The summed E-state index contributed by atoms with van der Waals surface area (Å²) >= 11 is 0. The molecule has 1 fully saturated rings. The SMILES string of the molecule is Cc1nn(Cc2cccc(C(=O)Nc3ccccc3)c2)c(C)c1S(=O)(=O)N1CCCCC1. The summed E-state index contributed by atoms with van der Waals surface area (Å²) in [6.07, 6.45) is 2.85. The molecule has 1 N–H and O–H groups in total. The van der Waals surface area contributed by atoms with Crippen LogP contribution in [-0.4, -0.2) is 41.5 Å². The van der Waals surface area contributed by atoms with E-state index in [9.17, 15) is 13.2 Å². The van der Waals surface area contributed by atoms with Crippen LogP contribution in [0.15, 0.2) is 59.5 Å². The number of piperidine rings is 1. The fourth-order valence-electron chi connectivity index (χ4n) is 4.15. The topological polar surface area (TPSA) is 84.3 Å². The molecule has 32 heavy (non-hydrogen) atoms. The van der Waals surface area contributed by atoms with Crippen molar-refractivity contribution in [3.05, 3.63) is 77.1 Å². The zero-order chi connectivity index (χ0) is 22.7. The predicted molar refractivity (Wildman–Crippen MR) is 124 cm³/mol. The molecular weight excluding hydrogens is 424 g/mol. The molecule has 1 aromatic heterocycles. The normalized spacial score (nSPS) is 14.9. The van der Waals surface area contributed by atoms with Gasteiger partial charge in [0, 0.05) is 24.3 Å². The maximum absolute atomic E-state index is 13.2. The summed E-state index contributed by atoms with van der Waals surface area (Å²) in [5.74, 6) is -0.195. The van der Waals surface area contributed by atoms with E-state index < -0.39 is 10.0 Å². The number of hydrogen-bond donors (Lipinski definition) is 1. The summed E-state index contributed by atoms with van der Waals surface area (Å²) in [6.45, 7) is 5.04. The van der Waals surface area contributed by atoms with E-state index in [1.807, 2.05) is 48.5 Å². The van der Waals surface area contributed by atoms with Crippen molar-refractivity contribution in [2.75, 3.05) is 18.4 Å². The van der Waals surface area contributed by atoms with Gasteiger partial charge in [-0.05, 0) is 56.5 Å². The minimum absolute atomic E-state index is 0.195. The lowest BCUT2D eigenvalue weighted by molar-refractivity contribution is 0.102. The molecule has 168 valence electrons. The molecule has 0 saturated carbocycles. The molecule has 0 spiro atoms. The molecule has 3 aromatic rings. The van der Waals surface area contributed by atoms with Crippen molar-refractivity contribution in [3.63, 3.8) is 0 Å². The molecule has 0 unspecified atom stereocenters. The molecule has 2 aromatic carbocycles. The second-order valence-electron chi connectivity index (χ2n) is 8.14. The highest BCUT2D eigenvalue weighted by molar-refractivity contribution is 7.89. The highest BCUT2D eigenvalue weighted by atomic mass is 32.2. The largest absolute Gasteiger partial charge is 0.322 e. The Kier molecular flexibility index (Phi) is 6.43. The monoisotopic (exact) mass is 452 g/mol. The fourth-order valence-corrected chi connectivity index (χ4v) is 6.04. The number of aryl methyl sites for hydroxylation is 1. The van der Waals surface area contributed by atoms with Gasteiger partial charge in [0.1, 0.15) is 4.90 Å². The summed E-state index contributed by atoms with van der Waals surface area (Å²) in [4.78, 5) is 12.9. The van der Waals surface area contributed by atoms with E-state index in [-0.39, 0.29) is 5.91 Å². The first-order valence-corrected chi connectivity index (χ1v) is 12.3. The van der Waals surface area contributed by atoms with Gasteiger partial charge in [-0.15, -0.1) is 0 Å². The van der Waals surface area contributed by atoms with Crippen LogP contribution in [0, 0.1) is 13.8 Å². The lowest BCUT2D eigenvalue weighted by Crippen LogP contribution is -2.36. The van der Waals surface area contributed by atoms with Crippen LogP contribution in [0.3, 0.4) is 0 Å². The molecule has 1 aliphatic rings. The second kappa shape index (κ2) is 9.26. The molecule has 0 bridgehead atoms. The Morgan fingerprint density at radius 1 is 1.00 bits per heavy atom. The van der Waals surface area contributed by atoms with Crippen molar-refractivity contribution in [2.45, 2.75) is 44.6 Å². The summed E-state index contributed by atoms with van der Waals surface area (Å²) in [5.41, 5.74) is 3.26. The lowest BCUT2D eigenvalue weighted by atomic mass is 10.1. The van der Waals surface area contributed by atoms with Gasteiger partial charge in [0.2, 0.25) is 10.0 Å². The maximum Gasteiger partial charge on any atom is 0.255 e. The number of amides is 1. The maximum atomic E-state index is 13.2. The smallest absolute Gasteiger partial charge is 0.255 e. The molecule has 0 aliphatic carbocycles. The third kappa shape index (κ3) is 4.61. The number of benzene rings is 2. The number of nitrogens with one attached hydrogen (secondary N) is 1. The lowest BCUT2D eigenvalue weighted by Gasteiger charge is -2.26. The Morgan fingerprint density at radius 3 is 2.44 bits per heavy atom. The quantitative estimate of drug-likeness (QED) is 0.613. The van der Waals surface area contributed by atoms with Crippen LogP contribution in [0.1, 0.15) is 46.6 Å². The number of aromatic nitrogens is 2. The van der Waals surface area contributed by atoms with Crippen LogP contribution in [0.2, 0.25) is 0 Å². The Labute approximate surface area is 189 Å². The molecule has 4 rings (SSSR count). The molecule has 1 saturated heterocycles. The van der Waals surface area contributed by atoms with Gasteiger partial charge >= 0.3 is 0 Å². The van der Waals surface area contributed by atoms with Crippen molar-refractivity contribution in [1.29, 1.82) is 0 Å². The Hall–Kier alpha value is -2.97. The number of nitrogens with zero attached hydrogens (tertiary/aromatic N) is 3. The van der Waals surface area contributed by atoms with Crippen molar-refractivity contribution >= 4 is 21.6 Å². The molecule has 2 heterocycles. The number of anilines is 1. The molecule has 1 aliphatic heterocycles. The first-order valence-electron chi connectivity index (χ1n) is 10.9. The second-order valence-corrected chi connectivity index (χ2v) is 10.0. The molecule has 0 radical (unpaired) electrons. The van der Waals surface area contributed by atoms with Gasteiger partial charge in [0.05, 0.1) is 17.9 Å². The van der Waals surface area contributed by atoms with Gasteiger partial charge in [-0.1, -0.05) is 36.8 Å². The fraction of sp³-hybridized carbons (Fsp3) is 0.333. The number of para-hydroxylation sites is 1. The number of carbonyl (C=O) groups is 1. The van der Waals surface area contributed by atoms with Crippen LogP contribution < -0.4 is 5.32 Å².